The molecule has 1 aliphatic rings. The van der Waals surface area contributed by atoms with E-state index in [9.17, 15) is 9.59 Å². The van der Waals surface area contributed by atoms with E-state index in [1.807, 2.05) is 42.4 Å². The molecule has 0 amide bonds. The van der Waals surface area contributed by atoms with Crippen molar-refractivity contribution in [2.75, 3.05) is 43.4 Å². The second-order valence-electron chi connectivity index (χ2n) is 8.44. The van der Waals surface area contributed by atoms with Crippen LogP contribution in [0.15, 0.2) is 40.1 Å². The van der Waals surface area contributed by atoms with Crippen LogP contribution in [-0.4, -0.2) is 43.1 Å². The van der Waals surface area contributed by atoms with Gasteiger partial charge in [-0.3, -0.25) is 9.59 Å². The van der Waals surface area contributed by atoms with Crippen molar-refractivity contribution in [2.45, 2.75) is 20.3 Å². The number of nitrogens with zero attached hydrogens (tertiary/aromatic N) is 2. The molecule has 148 valence electrons. The second kappa shape index (κ2) is 7.43. The lowest BCUT2D eigenvalue weighted by atomic mass is 10.1. The molecule has 28 heavy (non-hydrogen) atoms. The van der Waals surface area contributed by atoms with E-state index in [0.717, 1.165) is 49.2 Å². The lowest BCUT2D eigenvalue weighted by Crippen LogP contribution is -2.42. The number of aromatic nitrogens is 1. The maximum Gasteiger partial charge on any atom is 0.253 e. The highest BCUT2D eigenvalue weighted by atomic mass is 16.2. The molecule has 1 atom stereocenters. The average Bonchev–Trinajstić information content (AvgIpc) is 3.27. The fourth-order valence-corrected chi connectivity index (χ4v) is 4.39. The minimum Gasteiger partial charge on any atom is -0.369 e. The lowest BCUT2D eigenvalue weighted by Gasteiger charge is -2.26. The van der Waals surface area contributed by atoms with Gasteiger partial charge in [-0.15, -0.1) is 0 Å². The Balaban J connectivity index is 1.48. The van der Waals surface area contributed by atoms with Gasteiger partial charge >= 0.3 is 0 Å². The van der Waals surface area contributed by atoms with E-state index in [0.29, 0.717) is 23.2 Å². The molecule has 0 spiro atoms. The zero-order valence-corrected chi connectivity index (χ0v) is 16.8. The molecule has 6 heteroatoms. The van der Waals surface area contributed by atoms with Gasteiger partial charge < -0.3 is 20.1 Å². The summed E-state index contributed by atoms with van der Waals surface area (Å²) in [6, 6.07) is 7.90. The van der Waals surface area contributed by atoms with E-state index in [2.05, 4.69) is 29.0 Å². The summed E-state index contributed by atoms with van der Waals surface area (Å²) >= 11 is 0. The number of rotatable bonds is 7. The highest BCUT2D eigenvalue weighted by molar-refractivity contribution is 5.95. The monoisotopic (exact) mass is 380 g/mol. The van der Waals surface area contributed by atoms with Crippen molar-refractivity contribution in [1.82, 2.24) is 9.88 Å². The van der Waals surface area contributed by atoms with Crippen LogP contribution in [-0.2, 0) is 0 Å². The summed E-state index contributed by atoms with van der Waals surface area (Å²) in [6.45, 7) is 8.57. The second-order valence-corrected chi connectivity index (χ2v) is 8.44. The predicted octanol–water partition coefficient (Wildman–Crippen LogP) is 2.92. The van der Waals surface area contributed by atoms with Crippen LogP contribution in [0.1, 0.15) is 20.3 Å². The van der Waals surface area contributed by atoms with Crippen molar-refractivity contribution in [3.05, 3.63) is 50.9 Å². The predicted molar refractivity (Wildman–Crippen MR) is 116 cm³/mol. The fourth-order valence-electron chi connectivity index (χ4n) is 4.39. The number of likely N-dealkylation sites (tertiary alicyclic amines) is 1. The van der Waals surface area contributed by atoms with E-state index >= 15 is 0 Å². The molecule has 1 aliphatic heterocycles. The summed E-state index contributed by atoms with van der Waals surface area (Å²) in [5.74, 6) is 1.19. The van der Waals surface area contributed by atoms with Crippen LogP contribution in [0.2, 0.25) is 0 Å². The Bertz CT molecular complexity index is 1040. The van der Waals surface area contributed by atoms with Gasteiger partial charge in [0, 0.05) is 43.8 Å². The number of benzene rings is 1. The molecule has 2 N–H and O–H groups in total. The molecule has 0 aliphatic carbocycles. The Morgan fingerprint density at radius 3 is 2.82 bits per heavy atom. The van der Waals surface area contributed by atoms with E-state index in [1.54, 1.807) is 0 Å². The lowest BCUT2D eigenvalue weighted by molar-refractivity contribution is 0.288. The van der Waals surface area contributed by atoms with Crippen molar-refractivity contribution >= 4 is 28.0 Å². The average molecular weight is 380 g/mol. The van der Waals surface area contributed by atoms with Crippen LogP contribution in [0.4, 0.5) is 17.1 Å². The molecular weight excluding hydrogens is 352 g/mol. The number of hydrogen-bond donors (Lipinski definition) is 2. The first-order chi connectivity index (χ1) is 13.4. The van der Waals surface area contributed by atoms with Crippen LogP contribution in [0.25, 0.3) is 10.9 Å². The van der Waals surface area contributed by atoms with E-state index < -0.39 is 5.43 Å². The molecule has 6 nitrogen and oxygen atoms in total. The van der Waals surface area contributed by atoms with Crippen LogP contribution >= 0.6 is 0 Å². The summed E-state index contributed by atoms with van der Waals surface area (Å²) in [5.41, 5.74) is 1.92. The number of aromatic amines is 1. The van der Waals surface area contributed by atoms with E-state index in [1.165, 1.54) is 0 Å². The number of fused-ring (bicyclic) bond motifs is 1. The van der Waals surface area contributed by atoms with Gasteiger partial charge in [-0.2, -0.15) is 0 Å². The maximum atomic E-state index is 12.3. The minimum atomic E-state index is -0.431. The molecule has 4 rings (SSSR count). The molecular formula is C22H28N4O2. The standard InChI is InChI=1S/C22H28N4O2/c1-14(2)11-26-9-8-15(13-26)12-25(3)20-19(21(27)22(20)28)24-18-10-23-17-7-5-4-6-16(17)18/h4-7,10,14-15,23-24H,8-9,11-13H2,1-3H3/t15-/m1/s1. The molecule has 1 saturated heterocycles. The first-order valence-corrected chi connectivity index (χ1v) is 10.0. The smallest absolute Gasteiger partial charge is 0.253 e. The summed E-state index contributed by atoms with van der Waals surface area (Å²) in [7, 11) is 1.92. The van der Waals surface area contributed by atoms with Crippen LogP contribution in [0.5, 0.6) is 0 Å². The first kappa shape index (κ1) is 18.7. The van der Waals surface area contributed by atoms with Gasteiger partial charge in [-0.25, -0.2) is 0 Å². The number of nitrogens with one attached hydrogen (secondary N) is 2. The van der Waals surface area contributed by atoms with Crippen LogP contribution in [0, 0.1) is 11.8 Å². The molecule has 0 radical (unpaired) electrons. The van der Waals surface area contributed by atoms with Crippen molar-refractivity contribution in [1.29, 1.82) is 0 Å². The van der Waals surface area contributed by atoms with Crippen molar-refractivity contribution in [3.8, 4) is 0 Å². The molecule has 0 bridgehead atoms. The fraction of sp³-hybridized carbons (Fsp3) is 0.455. The normalized spacial score (nSPS) is 17.8. The quantitative estimate of drug-likeness (QED) is 0.617. The van der Waals surface area contributed by atoms with Gasteiger partial charge in [-0.1, -0.05) is 32.0 Å². The molecule has 0 saturated carbocycles. The van der Waals surface area contributed by atoms with Crippen molar-refractivity contribution in [2.24, 2.45) is 11.8 Å². The SMILES string of the molecule is CC(C)CN1CC[C@H](CN(C)c2c(Nc3c[nH]c4ccccc34)c(=O)c2=O)C1. The van der Waals surface area contributed by atoms with E-state index in [4.69, 9.17) is 0 Å². The van der Waals surface area contributed by atoms with Crippen molar-refractivity contribution in [3.63, 3.8) is 0 Å². The van der Waals surface area contributed by atoms with Crippen LogP contribution < -0.4 is 21.1 Å². The zero-order valence-electron chi connectivity index (χ0n) is 16.8. The third-order valence-electron chi connectivity index (χ3n) is 5.64. The number of anilines is 3. The third-order valence-corrected chi connectivity index (χ3v) is 5.64. The highest BCUT2D eigenvalue weighted by Crippen LogP contribution is 2.30. The highest BCUT2D eigenvalue weighted by Gasteiger charge is 2.29. The van der Waals surface area contributed by atoms with Gasteiger partial charge in [0.2, 0.25) is 0 Å². The topological polar surface area (TPSA) is 68.4 Å². The molecule has 2 aromatic carbocycles. The number of para-hydroxylation sites is 1. The Labute approximate surface area is 164 Å². The van der Waals surface area contributed by atoms with E-state index in [-0.39, 0.29) is 5.43 Å². The van der Waals surface area contributed by atoms with Gasteiger partial charge in [0.05, 0.1) is 5.69 Å². The third kappa shape index (κ3) is 3.44. The molecule has 1 aromatic heterocycles. The maximum absolute atomic E-state index is 12.3. The number of hydrogen-bond acceptors (Lipinski definition) is 5. The molecule has 3 aromatic rings. The van der Waals surface area contributed by atoms with Gasteiger partial charge in [0.15, 0.2) is 0 Å². The molecule has 0 unspecified atom stereocenters. The molecule has 1 fully saturated rings. The van der Waals surface area contributed by atoms with Gasteiger partial charge in [0.1, 0.15) is 11.4 Å². The van der Waals surface area contributed by atoms with Gasteiger partial charge in [-0.05, 0) is 30.9 Å². The Hall–Kier alpha value is -2.60. The Morgan fingerprint density at radius 2 is 2.04 bits per heavy atom. The largest absolute Gasteiger partial charge is 0.369 e. The molecule has 2 heterocycles. The Kier molecular flexibility index (Phi) is 4.98. The summed E-state index contributed by atoms with van der Waals surface area (Å²) < 4.78 is 0. The summed E-state index contributed by atoms with van der Waals surface area (Å²) in [4.78, 5) is 32.2. The minimum absolute atomic E-state index is 0.387. The zero-order chi connectivity index (χ0) is 19.8. The van der Waals surface area contributed by atoms with Crippen molar-refractivity contribution < 1.29 is 0 Å². The first-order valence-electron chi connectivity index (χ1n) is 10.0. The Morgan fingerprint density at radius 1 is 1.25 bits per heavy atom. The summed E-state index contributed by atoms with van der Waals surface area (Å²) in [5, 5.41) is 4.20. The van der Waals surface area contributed by atoms with Gasteiger partial charge in [0.25, 0.3) is 10.9 Å². The number of H-pyrrole nitrogens is 1. The summed E-state index contributed by atoms with van der Waals surface area (Å²) in [6.07, 6.45) is 2.98. The van der Waals surface area contributed by atoms with Crippen LogP contribution in [0.3, 0.4) is 0 Å².